The summed E-state index contributed by atoms with van der Waals surface area (Å²) < 4.78 is 71.7. The number of nitrogen functional groups attached to an aromatic ring is 1. The van der Waals surface area contributed by atoms with Crippen molar-refractivity contribution in [3.05, 3.63) is 217 Å². The van der Waals surface area contributed by atoms with Gasteiger partial charge in [-0.15, -0.1) is 11.8 Å². The molecule has 8 aromatic rings. The quantitative estimate of drug-likeness (QED) is 0.0417. The van der Waals surface area contributed by atoms with Gasteiger partial charge < -0.3 is 43.6 Å². The third-order valence-corrected chi connectivity index (χ3v) is 14.7. The summed E-state index contributed by atoms with van der Waals surface area (Å²) in [6, 6.07) is 42.3. The van der Waals surface area contributed by atoms with E-state index in [2.05, 4.69) is 15.0 Å². The zero-order valence-electron chi connectivity index (χ0n) is 42.7. The van der Waals surface area contributed by atoms with Crippen molar-refractivity contribution in [3.63, 3.8) is 0 Å². The van der Waals surface area contributed by atoms with E-state index < -0.39 is 70.8 Å². The molecule has 0 bridgehead atoms. The summed E-state index contributed by atoms with van der Waals surface area (Å²) in [6.45, 7) is 1.09. The number of aromatic amines is 1. The molecule has 2 aliphatic rings. The molecule has 21 heteroatoms. The Hall–Kier alpha value is -7.92. The molecule has 0 spiro atoms. The minimum absolute atomic E-state index is 0.00254. The van der Waals surface area contributed by atoms with Gasteiger partial charge in [-0.3, -0.25) is 23.7 Å². The van der Waals surface area contributed by atoms with Gasteiger partial charge in [-0.1, -0.05) is 121 Å². The van der Waals surface area contributed by atoms with E-state index in [9.17, 15) is 19.2 Å². The van der Waals surface area contributed by atoms with Crippen molar-refractivity contribution < 1.29 is 47.1 Å². The fourth-order valence-electron chi connectivity index (χ4n) is 9.89. The molecule has 2 aliphatic heterocycles. The average Bonchev–Trinajstić information content (AvgIpc) is 4.26. The van der Waals surface area contributed by atoms with Crippen molar-refractivity contribution in [1.29, 1.82) is 0 Å². The van der Waals surface area contributed by atoms with E-state index in [1.54, 1.807) is 57.5 Å². The highest BCUT2D eigenvalue weighted by Crippen LogP contribution is 2.48. The minimum Gasteiger partial charge on any atom is -0.493 e. The molecule has 19 nitrogen and oxygen atoms in total. The monoisotopic (exact) mass is 1080 g/mol. The number of carbonyl (C=O) groups is 1. The molecule has 0 aliphatic carbocycles. The van der Waals surface area contributed by atoms with E-state index in [-0.39, 0.29) is 61.4 Å². The Morgan fingerprint density at radius 3 is 2.22 bits per heavy atom. The SMILES string of the molecule is COc1cccc(C(OC[C@H]2O[C@@H](n3cnc4c(=O)[nH]c(N)nc43)[C@H](F)[C@@H]2OCCSC2OC(n3cc(C)c(=O)n(COCc4ccccc4)c3=O)CC2OC(=O)c2ccccc2)(c2ccccc2)c2ccccc2)c1OC. The van der Waals surface area contributed by atoms with Crippen LogP contribution in [0.2, 0.25) is 0 Å². The molecule has 0 radical (unpaired) electrons. The number of nitrogens with one attached hydrogen (secondary N) is 1. The van der Waals surface area contributed by atoms with Crippen LogP contribution in [0.25, 0.3) is 11.2 Å². The Labute approximate surface area is 450 Å². The number of para-hydroxylation sites is 1. The van der Waals surface area contributed by atoms with Crippen LogP contribution in [0.5, 0.6) is 11.5 Å². The first-order valence-electron chi connectivity index (χ1n) is 25.1. The Morgan fingerprint density at radius 2 is 1.54 bits per heavy atom. The standard InChI is InChI=1S/C57H56FN7O12S/c1-35-30-63(56(69)65(51(35)67)34-72-31-36-17-8-4-9-18-36)44-29-42(76-53(68)37-19-10-5-11-20-37)54(77-44)78-28-27-73-48-43(75-52(45(48)58)64-33-60-46-49(64)61-55(59)62-50(46)66)32-74-57(38-21-12-6-13-22-38,39-23-14-7-15-24-39)40-25-16-26-41(70-2)47(40)71-3/h4-26,30,33,42-45,48,52,54H,27-29,31-32,34H2,1-3H3,(H3,59,61,62,66)/t42?,43-,44?,45-,48-,52-,54?/m1/s1. The molecule has 5 aromatic carbocycles. The van der Waals surface area contributed by atoms with Crippen molar-refractivity contribution in [2.45, 2.75) is 74.7 Å². The maximum Gasteiger partial charge on any atom is 0.338 e. The Morgan fingerprint density at radius 1 is 0.859 bits per heavy atom. The number of methoxy groups -OCH3 is 2. The molecule has 10 rings (SSSR count). The van der Waals surface area contributed by atoms with Crippen LogP contribution < -0.4 is 32.0 Å². The summed E-state index contributed by atoms with van der Waals surface area (Å²) >= 11 is 1.23. The van der Waals surface area contributed by atoms with Gasteiger partial charge in [0.1, 0.15) is 42.3 Å². The van der Waals surface area contributed by atoms with E-state index in [1.165, 1.54) is 33.4 Å². The van der Waals surface area contributed by atoms with Crippen LogP contribution in [0.4, 0.5) is 10.3 Å². The first-order valence-corrected chi connectivity index (χ1v) is 26.1. The van der Waals surface area contributed by atoms with E-state index in [1.807, 2.05) is 103 Å². The summed E-state index contributed by atoms with van der Waals surface area (Å²) in [6.07, 6.45) is -4.86. The van der Waals surface area contributed by atoms with Crippen molar-refractivity contribution in [1.82, 2.24) is 28.7 Å². The number of nitrogens with zero attached hydrogens (tertiary/aromatic N) is 5. The number of H-pyrrole nitrogens is 1. The van der Waals surface area contributed by atoms with Crippen LogP contribution in [0.15, 0.2) is 166 Å². The fraction of sp³-hybridized carbons (Fsp3) is 0.298. The maximum atomic E-state index is 17.5. The molecule has 2 saturated heterocycles. The smallest absolute Gasteiger partial charge is 0.338 e. The van der Waals surface area contributed by atoms with E-state index in [0.29, 0.717) is 33.8 Å². The van der Waals surface area contributed by atoms with Crippen LogP contribution in [0, 0.1) is 6.92 Å². The second kappa shape index (κ2) is 23.8. The fourth-order valence-corrected chi connectivity index (χ4v) is 10.9. The number of aryl methyl sites for hydroxylation is 1. The third-order valence-electron chi connectivity index (χ3n) is 13.6. The summed E-state index contributed by atoms with van der Waals surface area (Å²) in [5.41, 5.74) is 5.27. The Balaban J connectivity index is 0.937. The summed E-state index contributed by atoms with van der Waals surface area (Å²) in [5.74, 6) is 0.218. The van der Waals surface area contributed by atoms with E-state index in [0.717, 1.165) is 10.1 Å². The number of fused-ring (bicyclic) bond motifs is 1. The summed E-state index contributed by atoms with van der Waals surface area (Å²) in [7, 11) is 3.09. The van der Waals surface area contributed by atoms with Gasteiger partial charge in [-0.25, -0.2) is 23.5 Å². The molecule has 0 saturated carbocycles. The topological polar surface area (TPSA) is 224 Å². The zero-order chi connectivity index (χ0) is 54.3. The molecule has 0 amide bonds. The van der Waals surface area contributed by atoms with Crippen LogP contribution in [0.1, 0.15) is 57.1 Å². The van der Waals surface area contributed by atoms with Crippen molar-refractivity contribution in [2.75, 3.05) is 38.9 Å². The predicted octanol–water partition coefficient (Wildman–Crippen LogP) is 7.06. The lowest BCUT2D eigenvalue weighted by Crippen LogP contribution is -2.42. The van der Waals surface area contributed by atoms with Gasteiger partial charge >= 0.3 is 11.7 Å². The number of esters is 1. The highest BCUT2D eigenvalue weighted by Gasteiger charge is 2.50. The number of imidazole rings is 1. The number of anilines is 1. The molecule has 3 N–H and O–H groups in total. The first-order chi connectivity index (χ1) is 38.0. The first kappa shape index (κ1) is 53.5. The van der Waals surface area contributed by atoms with Crippen molar-refractivity contribution >= 4 is 34.8 Å². The normalized spacial score (nSPS) is 20.2. The number of benzene rings is 5. The molecule has 3 unspecified atom stereocenters. The van der Waals surface area contributed by atoms with Gasteiger partial charge in [0.2, 0.25) is 5.95 Å². The minimum atomic E-state index is -1.90. The van der Waals surface area contributed by atoms with Gasteiger partial charge in [-0.2, -0.15) is 4.98 Å². The van der Waals surface area contributed by atoms with Crippen LogP contribution in [-0.2, 0) is 47.4 Å². The molecule has 404 valence electrons. The number of halogens is 1. The van der Waals surface area contributed by atoms with Crippen LogP contribution >= 0.6 is 11.8 Å². The van der Waals surface area contributed by atoms with Crippen LogP contribution in [0.3, 0.4) is 0 Å². The summed E-state index contributed by atoms with van der Waals surface area (Å²) in [5, 5.41) is 0. The lowest BCUT2D eigenvalue weighted by molar-refractivity contribution is -0.102. The van der Waals surface area contributed by atoms with Gasteiger partial charge in [0.05, 0.1) is 45.9 Å². The van der Waals surface area contributed by atoms with Crippen molar-refractivity contribution in [2.24, 2.45) is 0 Å². The average molecular weight is 1080 g/mol. The Kier molecular flexibility index (Phi) is 16.3. The number of rotatable bonds is 21. The number of nitrogens with two attached hydrogens (primary N) is 1. The largest absolute Gasteiger partial charge is 0.493 e. The molecule has 7 atom stereocenters. The number of alkyl halides is 1. The van der Waals surface area contributed by atoms with Gasteiger partial charge in [0.15, 0.2) is 35.1 Å². The van der Waals surface area contributed by atoms with E-state index >= 15 is 4.39 Å². The zero-order valence-corrected chi connectivity index (χ0v) is 43.5. The number of ether oxygens (including phenoxy) is 8. The van der Waals surface area contributed by atoms with Crippen molar-refractivity contribution in [3.8, 4) is 11.5 Å². The predicted molar refractivity (Wildman–Crippen MR) is 287 cm³/mol. The van der Waals surface area contributed by atoms with Gasteiger partial charge in [0, 0.05) is 29.5 Å². The van der Waals surface area contributed by atoms with Gasteiger partial charge in [-0.05, 0) is 41.8 Å². The number of carbonyl (C=O) groups excluding carboxylic acids is 1. The second-order valence-corrected chi connectivity index (χ2v) is 19.7. The van der Waals surface area contributed by atoms with Crippen LogP contribution in [-0.4, -0.2) is 97.7 Å². The highest BCUT2D eigenvalue weighted by molar-refractivity contribution is 7.99. The second-order valence-electron chi connectivity index (χ2n) is 18.5. The number of thioether (sulfide) groups is 1. The number of hydrogen-bond donors (Lipinski definition) is 2. The molecular formula is C57H56FN7O12S. The lowest BCUT2D eigenvalue weighted by Gasteiger charge is -2.38. The van der Waals surface area contributed by atoms with Gasteiger partial charge in [0.25, 0.3) is 11.1 Å². The lowest BCUT2D eigenvalue weighted by atomic mass is 9.79. The molecule has 5 heterocycles. The number of hydrogen-bond acceptors (Lipinski definition) is 16. The summed E-state index contributed by atoms with van der Waals surface area (Å²) in [4.78, 5) is 64.8. The third kappa shape index (κ3) is 10.8. The maximum absolute atomic E-state index is 17.5. The number of aromatic nitrogens is 6. The Bertz CT molecular complexity index is 3490. The molecule has 78 heavy (non-hydrogen) atoms. The molecule has 3 aromatic heterocycles. The highest BCUT2D eigenvalue weighted by atomic mass is 32.2. The molecular weight excluding hydrogens is 1030 g/mol. The van der Waals surface area contributed by atoms with E-state index in [4.69, 9.17) is 43.6 Å². The molecule has 2 fully saturated rings.